The molecule has 9 heteroatoms. The van der Waals surface area contributed by atoms with E-state index in [1.807, 2.05) is 32.9 Å². The number of carbonyl (C=O) groups is 1. The summed E-state index contributed by atoms with van der Waals surface area (Å²) in [4.78, 5) is 21.6. The van der Waals surface area contributed by atoms with E-state index in [9.17, 15) is 9.18 Å². The van der Waals surface area contributed by atoms with E-state index in [0.29, 0.717) is 33.9 Å². The molecule has 0 fully saturated rings. The number of anilines is 1. The number of nitrogens with zero attached hydrogens (tertiary/aromatic N) is 6. The van der Waals surface area contributed by atoms with Gasteiger partial charge < -0.3 is 5.32 Å². The molecule has 5 aromatic rings. The molecule has 1 amide bonds. The van der Waals surface area contributed by atoms with Crippen molar-refractivity contribution in [1.29, 1.82) is 0 Å². The summed E-state index contributed by atoms with van der Waals surface area (Å²) in [6.45, 7) is 5.89. The van der Waals surface area contributed by atoms with E-state index in [4.69, 9.17) is 0 Å². The minimum Gasteiger partial charge on any atom is -0.306 e. The maximum absolute atomic E-state index is 13.2. The fourth-order valence-electron chi connectivity index (χ4n) is 3.76. The van der Waals surface area contributed by atoms with Crippen LogP contribution in [0.4, 0.5) is 10.2 Å². The summed E-state index contributed by atoms with van der Waals surface area (Å²) < 4.78 is 16.5. The van der Waals surface area contributed by atoms with E-state index in [1.54, 1.807) is 21.6 Å². The quantitative estimate of drug-likeness (QED) is 0.449. The molecule has 0 bridgehead atoms. The zero-order chi connectivity index (χ0) is 23.1. The van der Waals surface area contributed by atoms with Crippen LogP contribution >= 0.6 is 0 Å². The van der Waals surface area contributed by atoms with Gasteiger partial charge in [0.05, 0.1) is 23.0 Å². The number of carbonyl (C=O) groups excluding carboxylic acids is 1. The molecule has 164 valence electrons. The van der Waals surface area contributed by atoms with Crippen molar-refractivity contribution in [2.45, 2.75) is 20.8 Å². The number of aromatic nitrogens is 6. The Morgan fingerprint density at radius 2 is 1.76 bits per heavy atom. The van der Waals surface area contributed by atoms with Crippen LogP contribution < -0.4 is 5.32 Å². The summed E-state index contributed by atoms with van der Waals surface area (Å²) in [5, 5.41) is 12.6. The number of rotatable bonds is 4. The van der Waals surface area contributed by atoms with Crippen LogP contribution in [0.15, 0.2) is 61.1 Å². The second kappa shape index (κ2) is 7.94. The van der Waals surface area contributed by atoms with E-state index in [-0.39, 0.29) is 5.91 Å². The van der Waals surface area contributed by atoms with Gasteiger partial charge in [-0.3, -0.25) is 4.79 Å². The second-order valence-corrected chi connectivity index (χ2v) is 7.82. The number of aryl methyl sites for hydroxylation is 3. The summed E-state index contributed by atoms with van der Waals surface area (Å²) in [7, 11) is 0. The molecular formula is C24H20FN7O. The van der Waals surface area contributed by atoms with Crippen molar-refractivity contribution < 1.29 is 9.18 Å². The first-order chi connectivity index (χ1) is 15.9. The number of hydrogen-bond donors (Lipinski definition) is 1. The molecule has 0 saturated carbocycles. The number of hydrogen-bond acceptors (Lipinski definition) is 5. The van der Waals surface area contributed by atoms with Crippen molar-refractivity contribution in [3.05, 3.63) is 89.3 Å². The van der Waals surface area contributed by atoms with Crippen molar-refractivity contribution in [3.8, 4) is 11.5 Å². The molecule has 3 aromatic heterocycles. The van der Waals surface area contributed by atoms with Crippen LogP contribution in [0.2, 0.25) is 0 Å². The molecule has 0 atom stereocenters. The number of benzene rings is 2. The lowest BCUT2D eigenvalue weighted by atomic mass is 10.1. The van der Waals surface area contributed by atoms with Gasteiger partial charge in [0.2, 0.25) is 0 Å². The lowest BCUT2D eigenvalue weighted by Crippen LogP contribution is -2.15. The van der Waals surface area contributed by atoms with Crippen LogP contribution in [0.25, 0.3) is 22.5 Å². The Balaban J connectivity index is 1.57. The fraction of sp³-hybridized carbons (Fsp3) is 0.125. The van der Waals surface area contributed by atoms with Crippen LogP contribution in [0.5, 0.6) is 0 Å². The largest absolute Gasteiger partial charge is 0.306 e. The molecular weight excluding hydrogens is 421 g/mol. The van der Waals surface area contributed by atoms with Crippen molar-refractivity contribution >= 4 is 22.8 Å². The number of fused-ring (bicyclic) bond motifs is 1. The molecule has 1 N–H and O–H groups in total. The topological polar surface area (TPSA) is 90.5 Å². The molecule has 0 aliphatic carbocycles. The zero-order valence-corrected chi connectivity index (χ0v) is 18.2. The highest BCUT2D eigenvalue weighted by atomic mass is 19.1. The second-order valence-electron chi connectivity index (χ2n) is 7.82. The third-order valence-corrected chi connectivity index (χ3v) is 5.31. The summed E-state index contributed by atoms with van der Waals surface area (Å²) in [5.74, 6) is 0.128. The average Bonchev–Trinajstić information content (AvgIpc) is 3.37. The van der Waals surface area contributed by atoms with Gasteiger partial charge in [0, 0.05) is 11.6 Å². The highest BCUT2D eigenvalue weighted by Crippen LogP contribution is 2.25. The normalized spacial score (nSPS) is 11.2. The molecule has 0 saturated heterocycles. The molecule has 0 radical (unpaired) electrons. The SMILES string of the molecule is Cc1ccc(-n2ncc3c(-n4nc(C)cc4NC(=O)c4ccc(F)cc4)ncnc32)c(C)c1. The lowest BCUT2D eigenvalue weighted by Gasteiger charge is -2.10. The Kier molecular flexibility index (Phi) is 4.93. The van der Waals surface area contributed by atoms with Gasteiger partial charge in [0.15, 0.2) is 11.5 Å². The van der Waals surface area contributed by atoms with E-state index in [2.05, 4.69) is 31.5 Å². The minimum absolute atomic E-state index is 0.331. The molecule has 3 heterocycles. The first kappa shape index (κ1) is 20.5. The first-order valence-electron chi connectivity index (χ1n) is 10.3. The highest BCUT2D eigenvalue weighted by molar-refractivity contribution is 6.04. The van der Waals surface area contributed by atoms with Gasteiger partial charge in [-0.25, -0.2) is 19.0 Å². The Hall–Kier alpha value is -4.40. The summed E-state index contributed by atoms with van der Waals surface area (Å²) >= 11 is 0. The minimum atomic E-state index is -0.406. The summed E-state index contributed by atoms with van der Waals surface area (Å²) in [6.07, 6.45) is 3.13. The van der Waals surface area contributed by atoms with Gasteiger partial charge in [-0.05, 0) is 56.7 Å². The van der Waals surface area contributed by atoms with Crippen LogP contribution in [-0.4, -0.2) is 35.4 Å². The smallest absolute Gasteiger partial charge is 0.256 e. The van der Waals surface area contributed by atoms with Crippen molar-refractivity contribution in [2.75, 3.05) is 5.32 Å². The van der Waals surface area contributed by atoms with Crippen molar-refractivity contribution in [2.24, 2.45) is 0 Å². The van der Waals surface area contributed by atoms with Gasteiger partial charge in [0.25, 0.3) is 5.91 Å². The highest BCUT2D eigenvalue weighted by Gasteiger charge is 2.18. The van der Waals surface area contributed by atoms with Gasteiger partial charge in [-0.15, -0.1) is 0 Å². The van der Waals surface area contributed by atoms with Gasteiger partial charge in [-0.2, -0.15) is 14.9 Å². The molecule has 33 heavy (non-hydrogen) atoms. The predicted octanol–water partition coefficient (Wildman–Crippen LogP) is 4.32. The summed E-state index contributed by atoms with van der Waals surface area (Å²) in [5.41, 5.74) is 4.80. The van der Waals surface area contributed by atoms with E-state index in [1.165, 1.54) is 30.6 Å². The first-order valence-corrected chi connectivity index (χ1v) is 10.3. The Morgan fingerprint density at radius 3 is 2.52 bits per heavy atom. The molecule has 0 spiro atoms. The van der Waals surface area contributed by atoms with Crippen LogP contribution in [-0.2, 0) is 0 Å². The standard InChI is InChI=1S/C24H20FN7O/c1-14-4-9-20(15(2)10-14)31-22-19(12-28-31)23(27-13-26-22)32-21(11-16(3)30-32)29-24(33)17-5-7-18(25)8-6-17/h4-13H,1-3H3,(H,29,33). The van der Waals surface area contributed by atoms with Crippen molar-refractivity contribution in [3.63, 3.8) is 0 Å². The van der Waals surface area contributed by atoms with E-state index >= 15 is 0 Å². The number of halogens is 1. The Bertz CT molecular complexity index is 1500. The van der Waals surface area contributed by atoms with Gasteiger partial charge >= 0.3 is 0 Å². The fourth-order valence-corrected chi connectivity index (χ4v) is 3.76. The lowest BCUT2D eigenvalue weighted by molar-refractivity contribution is 0.102. The van der Waals surface area contributed by atoms with Gasteiger partial charge in [0.1, 0.15) is 18.0 Å². The number of amides is 1. The molecule has 5 rings (SSSR count). The molecule has 8 nitrogen and oxygen atoms in total. The average molecular weight is 441 g/mol. The maximum Gasteiger partial charge on any atom is 0.256 e. The Labute approximate surface area is 188 Å². The van der Waals surface area contributed by atoms with E-state index in [0.717, 1.165) is 16.8 Å². The third-order valence-electron chi connectivity index (χ3n) is 5.31. The molecule has 2 aromatic carbocycles. The molecule has 0 unspecified atom stereocenters. The van der Waals surface area contributed by atoms with Gasteiger partial charge in [-0.1, -0.05) is 17.7 Å². The van der Waals surface area contributed by atoms with Crippen LogP contribution in [0, 0.1) is 26.6 Å². The predicted molar refractivity (Wildman–Crippen MR) is 122 cm³/mol. The maximum atomic E-state index is 13.2. The summed E-state index contributed by atoms with van der Waals surface area (Å²) in [6, 6.07) is 13.2. The molecule has 0 aliphatic rings. The van der Waals surface area contributed by atoms with Crippen molar-refractivity contribution in [1.82, 2.24) is 29.5 Å². The third kappa shape index (κ3) is 3.73. The number of nitrogens with one attached hydrogen (secondary N) is 1. The van der Waals surface area contributed by atoms with Crippen LogP contribution in [0.3, 0.4) is 0 Å². The zero-order valence-electron chi connectivity index (χ0n) is 18.2. The van der Waals surface area contributed by atoms with E-state index < -0.39 is 5.82 Å². The molecule has 0 aliphatic heterocycles. The Morgan fingerprint density at radius 1 is 0.970 bits per heavy atom. The van der Waals surface area contributed by atoms with Crippen LogP contribution in [0.1, 0.15) is 27.2 Å². The monoisotopic (exact) mass is 441 g/mol.